The van der Waals surface area contributed by atoms with Crippen LogP contribution in [0.1, 0.15) is 58.3 Å². The molecule has 2 N–H and O–H groups in total. The Morgan fingerprint density at radius 2 is 2.00 bits per heavy atom. The molecule has 2 aliphatic rings. The average Bonchev–Trinajstić information content (AvgIpc) is 2.86. The third-order valence-corrected chi connectivity index (χ3v) is 5.17. The van der Waals surface area contributed by atoms with Gasteiger partial charge in [0.1, 0.15) is 0 Å². The zero-order valence-corrected chi connectivity index (χ0v) is 13.2. The molecule has 4 heteroatoms. The van der Waals surface area contributed by atoms with Gasteiger partial charge in [-0.3, -0.25) is 9.69 Å². The summed E-state index contributed by atoms with van der Waals surface area (Å²) in [6.45, 7) is 5.34. The summed E-state index contributed by atoms with van der Waals surface area (Å²) >= 11 is 0. The molecule has 1 saturated carbocycles. The van der Waals surface area contributed by atoms with Crippen molar-refractivity contribution in [1.29, 1.82) is 0 Å². The summed E-state index contributed by atoms with van der Waals surface area (Å²) in [7, 11) is 1.95. The van der Waals surface area contributed by atoms with Gasteiger partial charge in [0, 0.05) is 31.6 Å². The van der Waals surface area contributed by atoms with E-state index in [1.54, 1.807) is 0 Å². The van der Waals surface area contributed by atoms with Gasteiger partial charge in [-0.2, -0.15) is 0 Å². The molecule has 1 atom stereocenters. The topological polar surface area (TPSA) is 49.6 Å². The number of likely N-dealkylation sites (N-methyl/N-ethyl adjacent to an activating group) is 2. The molecule has 1 unspecified atom stereocenters. The van der Waals surface area contributed by atoms with E-state index >= 15 is 0 Å². The minimum atomic E-state index is -0.232. The fourth-order valence-corrected chi connectivity index (χ4v) is 3.80. The maximum atomic E-state index is 12.4. The van der Waals surface area contributed by atoms with Crippen LogP contribution in [0.2, 0.25) is 0 Å². The molecular formula is C16H31N3O. The van der Waals surface area contributed by atoms with Crippen LogP contribution in [-0.4, -0.2) is 54.0 Å². The number of nitrogens with zero attached hydrogens (tertiary/aromatic N) is 2. The van der Waals surface area contributed by atoms with Gasteiger partial charge in [-0.1, -0.05) is 26.2 Å². The minimum absolute atomic E-state index is 0.232. The van der Waals surface area contributed by atoms with Gasteiger partial charge in [0.2, 0.25) is 5.91 Å². The van der Waals surface area contributed by atoms with Crippen LogP contribution in [-0.2, 0) is 4.79 Å². The van der Waals surface area contributed by atoms with E-state index in [2.05, 4.69) is 11.8 Å². The zero-order valence-electron chi connectivity index (χ0n) is 13.2. The van der Waals surface area contributed by atoms with Crippen LogP contribution in [0.15, 0.2) is 0 Å². The Kier molecular flexibility index (Phi) is 5.44. The number of nitrogens with two attached hydrogens (primary N) is 1. The standard InChI is InChI=1S/C16H31N3O/c1-3-19-11-7-8-14(19)13-18(2)15(20)12-16(17)9-5-4-6-10-16/h14H,3-13,17H2,1-2H3. The Hall–Kier alpha value is -0.610. The summed E-state index contributed by atoms with van der Waals surface area (Å²) in [4.78, 5) is 16.8. The van der Waals surface area contributed by atoms with Crippen molar-refractivity contribution in [2.45, 2.75) is 69.9 Å². The van der Waals surface area contributed by atoms with E-state index in [1.165, 1.54) is 38.6 Å². The molecule has 1 aliphatic carbocycles. The first kappa shape index (κ1) is 15.8. The summed E-state index contributed by atoms with van der Waals surface area (Å²) in [6, 6.07) is 0.550. The molecule has 4 nitrogen and oxygen atoms in total. The molecule has 1 saturated heterocycles. The summed E-state index contributed by atoms with van der Waals surface area (Å²) < 4.78 is 0. The molecule has 116 valence electrons. The molecular weight excluding hydrogens is 250 g/mol. The molecule has 1 amide bonds. The van der Waals surface area contributed by atoms with E-state index in [4.69, 9.17) is 5.73 Å². The van der Waals surface area contributed by atoms with Crippen LogP contribution < -0.4 is 5.73 Å². The van der Waals surface area contributed by atoms with Gasteiger partial charge in [0.15, 0.2) is 0 Å². The number of hydrogen-bond donors (Lipinski definition) is 1. The molecule has 0 radical (unpaired) electrons. The van der Waals surface area contributed by atoms with Crippen molar-refractivity contribution in [3.8, 4) is 0 Å². The minimum Gasteiger partial charge on any atom is -0.344 e. The van der Waals surface area contributed by atoms with E-state index in [0.29, 0.717) is 12.5 Å². The van der Waals surface area contributed by atoms with E-state index in [-0.39, 0.29) is 11.4 Å². The molecule has 2 fully saturated rings. The molecule has 20 heavy (non-hydrogen) atoms. The van der Waals surface area contributed by atoms with E-state index in [0.717, 1.165) is 25.9 Å². The quantitative estimate of drug-likeness (QED) is 0.838. The highest BCUT2D eigenvalue weighted by Crippen LogP contribution is 2.29. The normalized spacial score (nSPS) is 26.6. The first-order chi connectivity index (χ1) is 9.54. The Labute approximate surface area is 123 Å². The molecule has 0 aromatic heterocycles. The summed E-state index contributed by atoms with van der Waals surface area (Å²) in [5.74, 6) is 0.234. The Bertz CT molecular complexity index is 326. The van der Waals surface area contributed by atoms with Crippen molar-refractivity contribution in [2.75, 3.05) is 26.7 Å². The van der Waals surface area contributed by atoms with Crippen LogP contribution in [0.3, 0.4) is 0 Å². The van der Waals surface area contributed by atoms with Gasteiger partial charge in [-0.05, 0) is 38.8 Å². The van der Waals surface area contributed by atoms with Gasteiger partial charge in [-0.15, -0.1) is 0 Å². The molecule has 0 spiro atoms. The van der Waals surface area contributed by atoms with Gasteiger partial charge in [0.25, 0.3) is 0 Å². The fourth-order valence-electron chi connectivity index (χ4n) is 3.80. The molecule has 1 aliphatic heterocycles. The van der Waals surface area contributed by atoms with Crippen molar-refractivity contribution >= 4 is 5.91 Å². The van der Waals surface area contributed by atoms with Gasteiger partial charge in [-0.25, -0.2) is 0 Å². The number of hydrogen-bond acceptors (Lipinski definition) is 3. The van der Waals surface area contributed by atoms with E-state index in [1.807, 2.05) is 11.9 Å². The lowest BCUT2D eigenvalue weighted by Gasteiger charge is -2.35. The summed E-state index contributed by atoms with van der Waals surface area (Å²) in [5.41, 5.74) is 6.17. The first-order valence-electron chi connectivity index (χ1n) is 8.31. The number of amides is 1. The third-order valence-electron chi connectivity index (χ3n) is 5.17. The molecule has 2 rings (SSSR count). The van der Waals surface area contributed by atoms with Gasteiger partial charge in [0.05, 0.1) is 0 Å². The average molecular weight is 281 g/mol. The summed E-state index contributed by atoms with van der Waals surface area (Å²) in [5, 5.41) is 0. The number of likely N-dealkylation sites (tertiary alicyclic amines) is 1. The lowest BCUT2D eigenvalue weighted by molar-refractivity contribution is -0.132. The zero-order chi connectivity index (χ0) is 14.6. The van der Waals surface area contributed by atoms with Gasteiger partial charge >= 0.3 is 0 Å². The molecule has 1 heterocycles. The van der Waals surface area contributed by atoms with E-state index < -0.39 is 0 Å². The second-order valence-electron chi connectivity index (χ2n) is 6.80. The highest BCUT2D eigenvalue weighted by Gasteiger charge is 2.32. The Morgan fingerprint density at radius 1 is 1.30 bits per heavy atom. The molecule has 0 aromatic carbocycles. The Balaban J connectivity index is 1.82. The molecule has 0 bridgehead atoms. The van der Waals surface area contributed by atoms with Crippen molar-refractivity contribution in [3.05, 3.63) is 0 Å². The predicted molar refractivity (Wildman–Crippen MR) is 82.5 cm³/mol. The van der Waals surface area contributed by atoms with Crippen molar-refractivity contribution in [2.24, 2.45) is 5.73 Å². The largest absolute Gasteiger partial charge is 0.344 e. The summed E-state index contributed by atoms with van der Waals surface area (Å²) in [6.07, 6.45) is 8.67. The van der Waals surface area contributed by atoms with Crippen molar-refractivity contribution < 1.29 is 4.79 Å². The second kappa shape index (κ2) is 6.90. The van der Waals surface area contributed by atoms with E-state index in [9.17, 15) is 4.79 Å². The maximum Gasteiger partial charge on any atom is 0.224 e. The number of carbonyl (C=O) groups is 1. The smallest absolute Gasteiger partial charge is 0.224 e. The predicted octanol–water partition coefficient (Wildman–Crippen LogP) is 1.98. The van der Waals surface area contributed by atoms with Crippen LogP contribution in [0.5, 0.6) is 0 Å². The fraction of sp³-hybridized carbons (Fsp3) is 0.938. The lowest BCUT2D eigenvalue weighted by Crippen LogP contribution is -2.48. The van der Waals surface area contributed by atoms with Crippen LogP contribution in [0.25, 0.3) is 0 Å². The van der Waals surface area contributed by atoms with Crippen molar-refractivity contribution in [1.82, 2.24) is 9.80 Å². The lowest BCUT2D eigenvalue weighted by atomic mass is 9.80. The monoisotopic (exact) mass is 281 g/mol. The van der Waals surface area contributed by atoms with Crippen molar-refractivity contribution in [3.63, 3.8) is 0 Å². The third kappa shape index (κ3) is 3.95. The maximum absolute atomic E-state index is 12.4. The molecule has 0 aromatic rings. The van der Waals surface area contributed by atoms with Crippen LogP contribution in [0, 0.1) is 0 Å². The van der Waals surface area contributed by atoms with Gasteiger partial charge < -0.3 is 10.6 Å². The first-order valence-corrected chi connectivity index (χ1v) is 8.31. The number of carbonyl (C=O) groups excluding carboxylic acids is 1. The SMILES string of the molecule is CCN1CCCC1CN(C)C(=O)CC1(N)CCCCC1. The second-order valence-corrected chi connectivity index (χ2v) is 6.80. The van der Waals surface area contributed by atoms with Crippen LogP contribution >= 0.6 is 0 Å². The number of rotatable bonds is 5. The highest BCUT2D eigenvalue weighted by atomic mass is 16.2. The Morgan fingerprint density at radius 3 is 2.65 bits per heavy atom. The highest BCUT2D eigenvalue weighted by molar-refractivity contribution is 5.77. The van der Waals surface area contributed by atoms with Crippen LogP contribution in [0.4, 0.5) is 0 Å².